The molecule has 8 rings (SSSR count). The van der Waals surface area contributed by atoms with Crippen molar-refractivity contribution in [2.75, 3.05) is 0 Å². The quantitative estimate of drug-likeness (QED) is 0.197. The highest BCUT2D eigenvalue weighted by Crippen LogP contribution is 2.48. The van der Waals surface area contributed by atoms with Crippen molar-refractivity contribution in [3.8, 4) is 0 Å². The normalized spacial score (nSPS) is 14.7. The summed E-state index contributed by atoms with van der Waals surface area (Å²) in [6.45, 7) is 0. The molecule has 0 fully saturated rings. The summed E-state index contributed by atoms with van der Waals surface area (Å²) in [5.41, 5.74) is 4.83. The molecular weight excluding hydrogens is 504 g/mol. The van der Waals surface area contributed by atoms with E-state index in [9.17, 15) is 0 Å². The topological polar surface area (TPSA) is 0 Å². The molecule has 0 saturated carbocycles. The number of allylic oxidation sites excluding steroid dienone is 5. The van der Waals surface area contributed by atoms with Gasteiger partial charge in [0.2, 0.25) is 0 Å². The number of fused-ring (bicyclic) bond motifs is 6. The Bertz CT molecular complexity index is 2090. The van der Waals surface area contributed by atoms with Gasteiger partial charge in [-0.1, -0.05) is 158 Å². The summed E-state index contributed by atoms with van der Waals surface area (Å²) >= 11 is 0. The van der Waals surface area contributed by atoms with Crippen LogP contribution in [0.15, 0.2) is 169 Å². The average Bonchev–Trinajstić information content (AvgIpc) is 3.07. The summed E-state index contributed by atoms with van der Waals surface area (Å²) in [5.74, 6) is 0. The Kier molecular flexibility index (Phi) is 5.86. The summed E-state index contributed by atoms with van der Waals surface area (Å²) in [6.07, 6.45) is 12.6. The SMILES string of the molecule is C(=Cc1ccccc1)C1=CCC(c2cc3ccccc3c3ccccc23)(c2cc3ccccc3c3ccccc23)C=C1. The van der Waals surface area contributed by atoms with Gasteiger partial charge in [-0.25, -0.2) is 0 Å². The fourth-order valence-electron chi connectivity index (χ4n) is 6.92. The fourth-order valence-corrected chi connectivity index (χ4v) is 6.92. The minimum Gasteiger partial charge on any atom is -0.0757 e. The van der Waals surface area contributed by atoms with Crippen molar-refractivity contribution in [2.24, 2.45) is 0 Å². The van der Waals surface area contributed by atoms with Gasteiger partial charge in [0, 0.05) is 5.41 Å². The van der Waals surface area contributed by atoms with Gasteiger partial charge < -0.3 is 0 Å². The van der Waals surface area contributed by atoms with Crippen LogP contribution in [0.25, 0.3) is 49.2 Å². The lowest BCUT2D eigenvalue weighted by atomic mass is 9.66. The lowest BCUT2D eigenvalue weighted by molar-refractivity contribution is 0.658. The summed E-state index contributed by atoms with van der Waals surface area (Å²) in [5, 5.41) is 10.4. The molecule has 0 spiro atoms. The summed E-state index contributed by atoms with van der Waals surface area (Å²) in [4.78, 5) is 0. The maximum Gasteiger partial charge on any atom is 0.0432 e. The monoisotopic (exact) mass is 534 g/mol. The van der Waals surface area contributed by atoms with Crippen LogP contribution >= 0.6 is 0 Å². The van der Waals surface area contributed by atoms with Crippen molar-refractivity contribution in [2.45, 2.75) is 11.8 Å². The molecule has 7 aromatic carbocycles. The van der Waals surface area contributed by atoms with Gasteiger partial charge in [0.05, 0.1) is 0 Å². The van der Waals surface area contributed by atoms with Crippen molar-refractivity contribution < 1.29 is 0 Å². The number of hydrogen-bond acceptors (Lipinski definition) is 0. The summed E-state index contributed by atoms with van der Waals surface area (Å²) < 4.78 is 0. The molecule has 7 aromatic rings. The molecular formula is C42H30. The Labute approximate surface area is 246 Å². The van der Waals surface area contributed by atoms with Gasteiger partial charge in [-0.15, -0.1) is 0 Å². The molecule has 1 aliphatic carbocycles. The van der Waals surface area contributed by atoms with E-state index < -0.39 is 0 Å². The second-order valence-electron chi connectivity index (χ2n) is 11.3. The van der Waals surface area contributed by atoms with E-state index in [1.54, 1.807) is 0 Å². The highest BCUT2D eigenvalue weighted by molar-refractivity contribution is 6.12. The second-order valence-corrected chi connectivity index (χ2v) is 11.3. The minimum absolute atomic E-state index is 0.336. The highest BCUT2D eigenvalue weighted by atomic mass is 14.4. The Morgan fingerprint density at radius 3 is 1.45 bits per heavy atom. The van der Waals surface area contributed by atoms with E-state index in [0.29, 0.717) is 0 Å². The van der Waals surface area contributed by atoms with Crippen LogP contribution in [0.5, 0.6) is 0 Å². The molecule has 0 aromatic heterocycles. The standard InChI is InChI=1S/C42H30/c1-2-12-30(13-3-1)22-23-31-24-26-42(27-25-31,40-28-32-14-4-6-16-34(32)36-18-8-10-20-38(36)40)41-29-33-15-5-7-17-35(33)37-19-9-11-21-39(37)41/h1-26,28-29H,27H2. The molecule has 0 atom stereocenters. The van der Waals surface area contributed by atoms with Crippen LogP contribution in [0, 0.1) is 0 Å². The van der Waals surface area contributed by atoms with Crippen LogP contribution in [-0.4, -0.2) is 0 Å². The van der Waals surface area contributed by atoms with E-state index in [1.807, 2.05) is 0 Å². The van der Waals surface area contributed by atoms with E-state index in [4.69, 9.17) is 0 Å². The zero-order chi connectivity index (χ0) is 27.9. The molecule has 0 unspecified atom stereocenters. The third-order valence-corrected chi connectivity index (χ3v) is 8.99. The summed E-state index contributed by atoms with van der Waals surface area (Å²) in [7, 11) is 0. The van der Waals surface area contributed by atoms with E-state index in [0.717, 1.165) is 6.42 Å². The molecule has 0 heterocycles. The second kappa shape index (κ2) is 10.0. The predicted octanol–water partition coefficient (Wildman–Crippen LogP) is 11.2. The van der Waals surface area contributed by atoms with Gasteiger partial charge in [-0.2, -0.15) is 0 Å². The smallest absolute Gasteiger partial charge is 0.0432 e. The molecule has 1 aliphatic rings. The van der Waals surface area contributed by atoms with Crippen LogP contribution in [0.3, 0.4) is 0 Å². The third kappa shape index (κ3) is 3.99. The highest BCUT2D eigenvalue weighted by Gasteiger charge is 2.36. The van der Waals surface area contributed by atoms with Crippen LogP contribution < -0.4 is 0 Å². The molecule has 0 aliphatic heterocycles. The molecule has 0 nitrogen and oxygen atoms in total. The van der Waals surface area contributed by atoms with Crippen molar-refractivity contribution in [3.05, 3.63) is 186 Å². The van der Waals surface area contributed by atoms with Gasteiger partial charge in [-0.3, -0.25) is 0 Å². The zero-order valence-corrected chi connectivity index (χ0v) is 23.4. The van der Waals surface area contributed by atoms with Gasteiger partial charge in [0.25, 0.3) is 0 Å². The number of benzene rings is 7. The van der Waals surface area contributed by atoms with E-state index >= 15 is 0 Å². The first-order chi connectivity index (χ1) is 20.8. The Morgan fingerprint density at radius 2 is 0.929 bits per heavy atom. The molecule has 0 heteroatoms. The Morgan fingerprint density at radius 1 is 0.452 bits per heavy atom. The van der Waals surface area contributed by atoms with E-state index in [2.05, 4.69) is 170 Å². The van der Waals surface area contributed by atoms with Crippen LogP contribution in [0.2, 0.25) is 0 Å². The third-order valence-electron chi connectivity index (χ3n) is 8.99. The minimum atomic E-state index is -0.336. The first kappa shape index (κ1) is 24.6. The van der Waals surface area contributed by atoms with Gasteiger partial charge >= 0.3 is 0 Å². The largest absolute Gasteiger partial charge is 0.0757 e. The molecule has 198 valence electrons. The number of hydrogen-bond donors (Lipinski definition) is 0. The van der Waals surface area contributed by atoms with Crippen molar-refractivity contribution in [1.29, 1.82) is 0 Å². The average molecular weight is 535 g/mol. The first-order valence-corrected chi connectivity index (χ1v) is 14.7. The lowest BCUT2D eigenvalue weighted by Crippen LogP contribution is -2.27. The predicted molar refractivity (Wildman–Crippen MR) is 181 cm³/mol. The van der Waals surface area contributed by atoms with E-state index in [1.165, 1.54) is 65.4 Å². The van der Waals surface area contributed by atoms with Gasteiger partial charge in [0.1, 0.15) is 0 Å². The molecule has 0 bridgehead atoms. The van der Waals surface area contributed by atoms with Gasteiger partial charge in [-0.05, 0) is 83.9 Å². The Hall–Kier alpha value is -5.20. The maximum atomic E-state index is 2.48. The molecule has 0 amide bonds. The van der Waals surface area contributed by atoms with Gasteiger partial charge in [0.15, 0.2) is 0 Å². The van der Waals surface area contributed by atoms with Crippen LogP contribution in [0.1, 0.15) is 23.1 Å². The fraction of sp³-hybridized carbons (Fsp3) is 0.0476. The zero-order valence-electron chi connectivity index (χ0n) is 23.4. The van der Waals surface area contributed by atoms with Crippen molar-refractivity contribution in [1.82, 2.24) is 0 Å². The van der Waals surface area contributed by atoms with Crippen LogP contribution in [-0.2, 0) is 5.41 Å². The summed E-state index contributed by atoms with van der Waals surface area (Å²) in [6, 6.07) is 50.9. The molecule has 42 heavy (non-hydrogen) atoms. The molecule has 0 saturated heterocycles. The Balaban J connectivity index is 1.42. The number of rotatable bonds is 4. The molecule has 0 radical (unpaired) electrons. The molecule has 0 N–H and O–H groups in total. The van der Waals surface area contributed by atoms with Crippen LogP contribution in [0.4, 0.5) is 0 Å². The lowest BCUT2D eigenvalue weighted by Gasteiger charge is -2.36. The van der Waals surface area contributed by atoms with Crippen molar-refractivity contribution in [3.63, 3.8) is 0 Å². The maximum absolute atomic E-state index is 2.48. The van der Waals surface area contributed by atoms with E-state index in [-0.39, 0.29) is 5.41 Å². The van der Waals surface area contributed by atoms with Crippen molar-refractivity contribution >= 4 is 49.2 Å². The first-order valence-electron chi connectivity index (χ1n) is 14.7.